The second-order valence-electron chi connectivity index (χ2n) is 8.24. The van der Waals surface area contributed by atoms with Crippen molar-refractivity contribution >= 4 is 27.2 Å². The molecule has 2 aromatic carbocycles. The number of rotatable bonds is 4. The van der Waals surface area contributed by atoms with Crippen molar-refractivity contribution in [3.63, 3.8) is 0 Å². The molecular formula is C24H21N3O4S. The molecule has 32 heavy (non-hydrogen) atoms. The molecule has 7 nitrogen and oxygen atoms in total. The Labute approximate surface area is 187 Å². The quantitative estimate of drug-likeness (QED) is 0.345. The molecule has 0 spiro atoms. The zero-order chi connectivity index (χ0) is 22.6. The molecule has 162 valence electrons. The minimum atomic E-state index is -0.447. The first-order valence-corrected chi connectivity index (χ1v) is 11.3. The van der Waals surface area contributed by atoms with Gasteiger partial charge in [0.15, 0.2) is 0 Å². The monoisotopic (exact) mass is 447 g/mol. The van der Waals surface area contributed by atoms with Crippen LogP contribution in [0.3, 0.4) is 0 Å². The van der Waals surface area contributed by atoms with Crippen LogP contribution in [-0.2, 0) is 19.4 Å². The number of non-ortho nitro benzene ring substituents is 1. The van der Waals surface area contributed by atoms with Gasteiger partial charge in [0.1, 0.15) is 4.83 Å². The van der Waals surface area contributed by atoms with Crippen LogP contribution in [0, 0.1) is 24.0 Å². The predicted molar refractivity (Wildman–Crippen MR) is 125 cm³/mol. The van der Waals surface area contributed by atoms with E-state index in [1.807, 2.05) is 26.0 Å². The Hall–Kier alpha value is -3.52. The molecule has 2 aromatic heterocycles. The van der Waals surface area contributed by atoms with Crippen molar-refractivity contribution in [3.05, 3.63) is 101 Å². The van der Waals surface area contributed by atoms with E-state index >= 15 is 0 Å². The van der Waals surface area contributed by atoms with Crippen molar-refractivity contribution in [2.45, 2.75) is 39.7 Å². The largest absolute Gasteiger partial charge is 0.337 e. The van der Waals surface area contributed by atoms with Crippen molar-refractivity contribution < 1.29 is 4.92 Å². The van der Waals surface area contributed by atoms with Gasteiger partial charge in [-0.3, -0.25) is 19.5 Å². The molecule has 0 fully saturated rings. The van der Waals surface area contributed by atoms with Crippen LogP contribution in [0.5, 0.6) is 0 Å². The molecule has 0 amide bonds. The summed E-state index contributed by atoms with van der Waals surface area (Å²) in [6, 6.07) is 11.8. The van der Waals surface area contributed by atoms with Crippen molar-refractivity contribution in [3.8, 4) is 5.69 Å². The van der Waals surface area contributed by atoms with E-state index in [4.69, 9.17) is 0 Å². The van der Waals surface area contributed by atoms with Crippen LogP contribution in [0.1, 0.15) is 33.6 Å². The van der Waals surface area contributed by atoms with E-state index in [-0.39, 0.29) is 17.8 Å². The lowest BCUT2D eigenvalue weighted by molar-refractivity contribution is -0.384. The molecule has 0 N–H and O–H groups in total. The molecule has 5 rings (SSSR count). The number of fused-ring (bicyclic) bond motifs is 3. The van der Waals surface area contributed by atoms with Crippen molar-refractivity contribution in [2.75, 3.05) is 0 Å². The second-order valence-corrected chi connectivity index (χ2v) is 9.32. The van der Waals surface area contributed by atoms with Crippen LogP contribution in [0.2, 0.25) is 0 Å². The standard InChI is InChI=1S/C24H21N3O4S/c1-14-6-9-18(12-15(14)2)26-22(28)21-19-4-3-5-20(19)32-23(21)25(24(26)29)13-16-7-10-17(11-8-16)27(30)31/h6-12H,3-5,13H2,1-2H3. The number of aryl methyl sites for hydroxylation is 4. The predicted octanol–water partition coefficient (Wildman–Crippen LogP) is 4.28. The van der Waals surface area contributed by atoms with Gasteiger partial charge in [0.25, 0.3) is 11.2 Å². The van der Waals surface area contributed by atoms with Crippen molar-refractivity contribution in [1.29, 1.82) is 0 Å². The molecule has 0 aliphatic heterocycles. The molecular weight excluding hydrogens is 426 g/mol. The summed E-state index contributed by atoms with van der Waals surface area (Å²) in [5, 5.41) is 11.6. The first kappa shape index (κ1) is 20.4. The van der Waals surface area contributed by atoms with E-state index < -0.39 is 10.6 Å². The molecule has 0 radical (unpaired) electrons. The van der Waals surface area contributed by atoms with Gasteiger partial charge < -0.3 is 0 Å². The number of aromatic nitrogens is 2. The molecule has 0 atom stereocenters. The summed E-state index contributed by atoms with van der Waals surface area (Å²) in [5.74, 6) is 0. The average Bonchev–Trinajstić information content (AvgIpc) is 3.35. The van der Waals surface area contributed by atoms with Gasteiger partial charge in [-0.05, 0) is 67.5 Å². The summed E-state index contributed by atoms with van der Waals surface area (Å²) in [5.41, 5.74) is 3.80. The second kappa shape index (κ2) is 7.56. The normalized spacial score (nSPS) is 12.9. The summed E-state index contributed by atoms with van der Waals surface area (Å²) in [7, 11) is 0. The molecule has 0 unspecified atom stereocenters. The first-order valence-electron chi connectivity index (χ1n) is 10.5. The highest BCUT2D eigenvalue weighted by molar-refractivity contribution is 7.18. The Balaban J connectivity index is 1.76. The fraction of sp³-hybridized carbons (Fsp3) is 0.250. The van der Waals surface area contributed by atoms with Gasteiger partial charge in [0.05, 0.1) is 22.5 Å². The topological polar surface area (TPSA) is 87.1 Å². The van der Waals surface area contributed by atoms with E-state index in [0.717, 1.165) is 41.5 Å². The SMILES string of the molecule is Cc1ccc(-n2c(=O)c3c4c(sc3n(Cc3ccc([N+](=O)[O-])cc3)c2=O)CCC4)cc1C. The van der Waals surface area contributed by atoms with Crippen LogP contribution < -0.4 is 11.2 Å². The first-order chi connectivity index (χ1) is 15.3. The van der Waals surface area contributed by atoms with Crippen molar-refractivity contribution in [2.24, 2.45) is 0 Å². The molecule has 1 aliphatic rings. The highest BCUT2D eigenvalue weighted by Gasteiger charge is 2.25. The fourth-order valence-electron chi connectivity index (χ4n) is 4.34. The molecule has 1 aliphatic carbocycles. The summed E-state index contributed by atoms with van der Waals surface area (Å²) in [4.78, 5) is 39.6. The Kier molecular flexibility index (Phi) is 4.82. The third-order valence-corrected chi connectivity index (χ3v) is 7.54. The van der Waals surface area contributed by atoms with E-state index in [2.05, 4.69) is 0 Å². The third kappa shape index (κ3) is 3.18. The van der Waals surface area contributed by atoms with E-state index in [9.17, 15) is 19.7 Å². The fourth-order valence-corrected chi connectivity index (χ4v) is 5.72. The summed E-state index contributed by atoms with van der Waals surface area (Å²) in [6.07, 6.45) is 2.78. The van der Waals surface area contributed by atoms with Gasteiger partial charge >= 0.3 is 5.69 Å². The zero-order valence-corrected chi connectivity index (χ0v) is 18.6. The maximum atomic E-state index is 13.6. The Morgan fingerprint density at radius 3 is 2.47 bits per heavy atom. The van der Waals surface area contributed by atoms with Gasteiger partial charge in [0.2, 0.25) is 0 Å². The van der Waals surface area contributed by atoms with Gasteiger partial charge in [-0.15, -0.1) is 11.3 Å². The van der Waals surface area contributed by atoms with Crippen LogP contribution in [-0.4, -0.2) is 14.1 Å². The smallest absolute Gasteiger partial charge is 0.280 e. The van der Waals surface area contributed by atoms with E-state index in [1.54, 1.807) is 22.8 Å². The molecule has 0 saturated heterocycles. The van der Waals surface area contributed by atoms with Gasteiger partial charge in [-0.1, -0.05) is 18.2 Å². The molecule has 8 heteroatoms. The Morgan fingerprint density at radius 2 is 1.78 bits per heavy atom. The molecule has 4 aromatic rings. The zero-order valence-electron chi connectivity index (χ0n) is 17.8. The Bertz CT molecular complexity index is 1510. The lowest BCUT2D eigenvalue weighted by atomic mass is 10.1. The number of hydrogen-bond acceptors (Lipinski definition) is 5. The molecule has 0 saturated carbocycles. The average molecular weight is 448 g/mol. The Morgan fingerprint density at radius 1 is 1.03 bits per heavy atom. The number of hydrogen-bond donors (Lipinski definition) is 0. The molecule has 0 bridgehead atoms. The number of nitrogens with zero attached hydrogens (tertiary/aromatic N) is 3. The maximum absolute atomic E-state index is 13.6. The van der Waals surface area contributed by atoms with Crippen molar-refractivity contribution in [1.82, 2.24) is 9.13 Å². The maximum Gasteiger partial charge on any atom is 0.337 e. The number of benzene rings is 2. The van der Waals surface area contributed by atoms with Crippen LogP contribution in [0.4, 0.5) is 5.69 Å². The third-order valence-electron chi connectivity index (χ3n) is 6.22. The summed E-state index contributed by atoms with van der Waals surface area (Å²) < 4.78 is 2.90. The summed E-state index contributed by atoms with van der Waals surface area (Å²) >= 11 is 1.52. The van der Waals surface area contributed by atoms with E-state index in [0.29, 0.717) is 15.9 Å². The minimum Gasteiger partial charge on any atom is -0.280 e. The summed E-state index contributed by atoms with van der Waals surface area (Å²) in [6.45, 7) is 4.18. The van der Waals surface area contributed by atoms with E-state index in [1.165, 1.54) is 32.9 Å². The highest BCUT2D eigenvalue weighted by atomic mass is 32.1. The number of thiophene rings is 1. The van der Waals surface area contributed by atoms with Gasteiger partial charge in [0, 0.05) is 17.0 Å². The highest BCUT2D eigenvalue weighted by Crippen LogP contribution is 2.35. The van der Waals surface area contributed by atoms with Gasteiger partial charge in [-0.2, -0.15) is 0 Å². The van der Waals surface area contributed by atoms with Crippen LogP contribution in [0.25, 0.3) is 15.9 Å². The van der Waals surface area contributed by atoms with Crippen LogP contribution >= 0.6 is 11.3 Å². The number of nitro benzene ring substituents is 1. The lowest BCUT2D eigenvalue weighted by Crippen LogP contribution is -2.39. The minimum absolute atomic E-state index is 0.00134. The lowest BCUT2D eigenvalue weighted by Gasteiger charge is -2.14. The van der Waals surface area contributed by atoms with Crippen LogP contribution in [0.15, 0.2) is 52.1 Å². The number of nitro groups is 1. The van der Waals surface area contributed by atoms with Gasteiger partial charge in [-0.25, -0.2) is 9.36 Å². The molecule has 2 heterocycles.